The minimum atomic E-state index is -3.13. The first-order valence-electron chi connectivity index (χ1n) is 8.98. The van der Waals surface area contributed by atoms with Crippen LogP contribution in [0.3, 0.4) is 0 Å². The molecular weight excluding hydrogens is 338 g/mol. The molecule has 0 aliphatic carbocycles. The molecule has 0 bridgehead atoms. The van der Waals surface area contributed by atoms with Gasteiger partial charge in [-0.2, -0.15) is 0 Å². The van der Waals surface area contributed by atoms with Crippen molar-refractivity contribution in [1.29, 1.82) is 0 Å². The van der Waals surface area contributed by atoms with Gasteiger partial charge in [0, 0.05) is 44.2 Å². The van der Waals surface area contributed by atoms with E-state index in [0.717, 1.165) is 5.69 Å². The molecule has 1 aromatic rings. The van der Waals surface area contributed by atoms with Gasteiger partial charge in [-0.1, -0.05) is 19.9 Å². The highest BCUT2D eigenvalue weighted by molar-refractivity contribution is 7.92. The van der Waals surface area contributed by atoms with Crippen molar-refractivity contribution in [2.24, 2.45) is 17.8 Å². The summed E-state index contributed by atoms with van der Waals surface area (Å²) in [6.07, 6.45) is 2.18. The van der Waals surface area contributed by atoms with Gasteiger partial charge in [-0.25, -0.2) is 8.42 Å². The van der Waals surface area contributed by atoms with Crippen LogP contribution in [0.15, 0.2) is 24.4 Å². The highest BCUT2D eigenvalue weighted by atomic mass is 32.2. The minimum absolute atomic E-state index is 0.0123. The van der Waals surface area contributed by atoms with E-state index < -0.39 is 15.1 Å². The second kappa shape index (κ2) is 7.41. The van der Waals surface area contributed by atoms with Gasteiger partial charge in [0.1, 0.15) is 0 Å². The molecule has 1 amide bonds. The van der Waals surface area contributed by atoms with Gasteiger partial charge < -0.3 is 5.32 Å². The molecular formula is C18H27N3O3S. The zero-order valence-electron chi connectivity index (χ0n) is 14.9. The van der Waals surface area contributed by atoms with E-state index in [9.17, 15) is 13.2 Å². The average molecular weight is 365 g/mol. The summed E-state index contributed by atoms with van der Waals surface area (Å²) in [5, 5.41) is 2.56. The molecule has 2 saturated heterocycles. The first-order valence-corrected chi connectivity index (χ1v) is 10.7. The molecule has 2 fully saturated rings. The van der Waals surface area contributed by atoms with Crippen LogP contribution in [-0.2, 0) is 21.2 Å². The lowest BCUT2D eigenvalue weighted by Crippen LogP contribution is -2.47. The molecule has 2 aliphatic rings. The Kier molecular flexibility index (Phi) is 5.43. The number of sulfone groups is 1. The molecule has 2 aliphatic heterocycles. The van der Waals surface area contributed by atoms with Crippen LogP contribution in [0.5, 0.6) is 0 Å². The Morgan fingerprint density at radius 2 is 2.16 bits per heavy atom. The lowest BCUT2D eigenvalue weighted by Gasteiger charge is -2.32. The van der Waals surface area contributed by atoms with Crippen LogP contribution < -0.4 is 5.32 Å². The van der Waals surface area contributed by atoms with Crippen molar-refractivity contribution < 1.29 is 13.2 Å². The van der Waals surface area contributed by atoms with Gasteiger partial charge in [0.05, 0.1) is 16.7 Å². The Hall–Kier alpha value is -1.47. The molecule has 138 valence electrons. The van der Waals surface area contributed by atoms with E-state index in [2.05, 4.69) is 29.0 Å². The molecule has 3 rings (SSSR count). The number of amides is 1. The van der Waals surface area contributed by atoms with E-state index in [1.165, 1.54) is 0 Å². The number of rotatable bonds is 5. The molecule has 0 spiro atoms. The lowest BCUT2D eigenvalue weighted by atomic mass is 9.87. The van der Waals surface area contributed by atoms with E-state index >= 15 is 0 Å². The number of aromatic nitrogens is 1. The summed E-state index contributed by atoms with van der Waals surface area (Å²) in [4.78, 5) is 19.0. The van der Waals surface area contributed by atoms with Crippen molar-refractivity contribution in [1.82, 2.24) is 15.2 Å². The number of likely N-dealkylation sites (tertiary alicyclic amines) is 1. The number of pyridine rings is 1. The van der Waals surface area contributed by atoms with Crippen LogP contribution in [-0.4, -0.2) is 54.8 Å². The SMILES string of the molecule is CC(C)CNC(=O)[C@H]1CCS(=O)(=O)[C@@H]2CN(Cc3ccccn3)C[C@H]12. The maximum Gasteiger partial charge on any atom is 0.223 e. The Balaban J connectivity index is 1.72. The van der Waals surface area contributed by atoms with E-state index in [4.69, 9.17) is 0 Å². The van der Waals surface area contributed by atoms with Crippen LogP contribution in [0.25, 0.3) is 0 Å². The predicted octanol–water partition coefficient (Wildman–Crippen LogP) is 1.09. The smallest absolute Gasteiger partial charge is 0.223 e. The van der Waals surface area contributed by atoms with Gasteiger partial charge in [0.2, 0.25) is 5.91 Å². The fraction of sp³-hybridized carbons (Fsp3) is 0.667. The molecule has 0 radical (unpaired) electrons. The van der Waals surface area contributed by atoms with Gasteiger partial charge in [0.15, 0.2) is 9.84 Å². The Bertz CT molecular complexity index is 706. The third kappa shape index (κ3) is 4.20. The number of hydrogen-bond donors (Lipinski definition) is 1. The second-order valence-electron chi connectivity index (χ2n) is 7.62. The van der Waals surface area contributed by atoms with Crippen molar-refractivity contribution in [2.75, 3.05) is 25.4 Å². The highest BCUT2D eigenvalue weighted by Crippen LogP contribution is 2.37. The van der Waals surface area contributed by atoms with E-state index in [0.29, 0.717) is 38.5 Å². The molecule has 0 unspecified atom stereocenters. The Morgan fingerprint density at radius 1 is 1.36 bits per heavy atom. The maximum absolute atomic E-state index is 12.6. The van der Waals surface area contributed by atoms with Gasteiger partial charge in [-0.3, -0.25) is 14.7 Å². The predicted molar refractivity (Wildman–Crippen MR) is 96.5 cm³/mol. The van der Waals surface area contributed by atoms with Crippen LogP contribution in [0.4, 0.5) is 0 Å². The number of carbonyl (C=O) groups excluding carboxylic acids is 1. The zero-order chi connectivity index (χ0) is 18.0. The molecule has 1 aromatic heterocycles. The van der Waals surface area contributed by atoms with Crippen LogP contribution in [0, 0.1) is 17.8 Å². The topological polar surface area (TPSA) is 79.4 Å². The number of fused-ring (bicyclic) bond motifs is 1. The van der Waals surface area contributed by atoms with Crippen molar-refractivity contribution >= 4 is 15.7 Å². The van der Waals surface area contributed by atoms with Crippen molar-refractivity contribution in [3.8, 4) is 0 Å². The van der Waals surface area contributed by atoms with Crippen LogP contribution >= 0.6 is 0 Å². The molecule has 0 saturated carbocycles. The van der Waals surface area contributed by atoms with Gasteiger partial charge in [0.25, 0.3) is 0 Å². The second-order valence-corrected chi connectivity index (χ2v) is 9.96. The normalized spacial score (nSPS) is 28.7. The molecule has 3 heterocycles. The minimum Gasteiger partial charge on any atom is -0.356 e. The third-order valence-corrected chi connectivity index (χ3v) is 7.44. The monoisotopic (exact) mass is 365 g/mol. The van der Waals surface area contributed by atoms with Crippen molar-refractivity contribution in [3.05, 3.63) is 30.1 Å². The van der Waals surface area contributed by atoms with Crippen molar-refractivity contribution in [2.45, 2.75) is 32.1 Å². The van der Waals surface area contributed by atoms with Gasteiger partial charge in [-0.05, 0) is 24.5 Å². The Labute approximate surface area is 149 Å². The first kappa shape index (κ1) is 18.3. The quantitative estimate of drug-likeness (QED) is 0.845. The molecule has 7 heteroatoms. The van der Waals surface area contributed by atoms with Crippen LogP contribution in [0.1, 0.15) is 26.0 Å². The zero-order valence-corrected chi connectivity index (χ0v) is 15.7. The summed E-state index contributed by atoms with van der Waals surface area (Å²) in [7, 11) is -3.13. The molecule has 6 nitrogen and oxygen atoms in total. The van der Waals surface area contributed by atoms with Gasteiger partial charge in [-0.15, -0.1) is 0 Å². The molecule has 25 heavy (non-hydrogen) atoms. The van der Waals surface area contributed by atoms with Crippen molar-refractivity contribution in [3.63, 3.8) is 0 Å². The maximum atomic E-state index is 12.6. The van der Waals surface area contributed by atoms with E-state index in [-0.39, 0.29) is 23.5 Å². The number of hydrogen-bond acceptors (Lipinski definition) is 5. The summed E-state index contributed by atoms with van der Waals surface area (Å²) in [6.45, 7) is 6.51. The standard InChI is InChI=1S/C18H27N3O3S/c1-13(2)9-20-18(22)15-6-8-25(23,24)17-12-21(11-16(15)17)10-14-5-3-4-7-19-14/h3-5,7,13,15-17H,6,8-12H2,1-2H3,(H,20,22)/t15-,16+,17+/m0/s1. The molecule has 0 aromatic carbocycles. The third-order valence-electron chi connectivity index (χ3n) is 5.21. The summed E-state index contributed by atoms with van der Waals surface area (Å²) in [5.74, 6) is 0.191. The number of nitrogens with zero attached hydrogens (tertiary/aromatic N) is 2. The number of carbonyl (C=O) groups is 1. The summed E-state index contributed by atoms with van der Waals surface area (Å²) in [5.41, 5.74) is 0.930. The lowest BCUT2D eigenvalue weighted by molar-refractivity contribution is -0.126. The molecule has 1 N–H and O–H groups in total. The largest absolute Gasteiger partial charge is 0.356 e. The fourth-order valence-electron chi connectivity index (χ4n) is 3.91. The summed E-state index contributed by atoms with van der Waals surface area (Å²) >= 11 is 0. The number of nitrogens with one attached hydrogen (secondary N) is 1. The summed E-state index contributed by atoms with van der Waals surface area (Å²) < 4.78 is 25.0. The highest BCUT2D eigenvalue weighted by Gasteiger charge is 2.50. The van der Waals surface area contributed by atoms with E-state index in [1.807, 2.05) is 18.2 Å². The van der Waals surface area contributed by atoms with Crippen LogP contribution in [0.2, 0.25) is 0 Å². The van der Waals surface area contributed by atoms with E-state index in [1.54, 1.807) is 6.20 Å². The van der Waals surface area contributed by atoms with Gasteiger partial charge >= 0.3 is 0 Å². The first-order chi connectivity index (χ1) is 11.9. The summed E-state index contributed by atoms with van der Waals surface area (Å²) in [6, 6.07) is 5.75. The average Bonchev–Trinajstić information content (AvgIpc) is 2.98. The molecule has 3 atom stereocenters. The Morgan fingerprint density at radius 3 is 2.84 bits per heavy atom. The fourth-order valence-corrected chi connectivity index (χ4v) is 6.05.